The molecule has 1 aliphatic heterocycles. The number of aromatic nitrogens is 1. The molecule has 2 N–H and O–H groups in total. The van der Waals surface area contributed by atoms with Gasteiger partial charge in [0, 0.05) is 39.8 Å². The maximum Gasteiger partial charge on any atom is 0.264 e. The number of nitrogens with one attached hydrogen (secondary N) is 1. The average Bonchev–Trinajstić information content (AvgIpc) is 3.29. The lowest BCUT2D eigenvalue weighted by atomic mass is 9.88. The highest BCUT2D eigenvalue weighted by atomic mass is 35.5. The number of anilines is 1. The maximum atomic E-state index is 13.5. The standard InChI is InChI=1S/C26H20Cl2N2O3/c27-17-9-10-22-19(13-17)16(15-29-22)11-12-30-23-8-4-2-6-20(23)26(33,25(30)32)14-24(31)18-5-1-3-7-21(18)28/h1-10,13,15,29,33H,11-12,14H2. The van der Waals surface area contributed by atoms with Crippen LogP contribution in [0.2, 0.25) is 10.0 Å². The second kappa shape index (κ2) is 8.34. The van der Waals surface area contributed by atoms with Gasteiger partial charge in [-0.25, -0.2) is 0 Å². The third kappa shape index (κ3) is 3.72. The molecule has 0 saturated heterocycles. The first-order chi connectivity index (χ1) is 15.9. The summed E-state index contributed by atoms with van der Waals surface area (Å²) in [5.41, 5.74) is 1.35. The van der Waals surface area contributed by atoms with Crippen LogP contribution >= 0.6 is 23.2 Å². The van der Waals surface area contributed by atoms with Gasteiger partial charge in [0.15, 0.2) is 11.4 Å². The summed E-state index contributed by atoms with van der Waals surface area (Å²) in [6.45, 7) is 0.345. The van der Waals surface area contributed by atoms with E-state index in [2.05, 4.69) is 4.98 Å². The van der Waals surface area contributed by atoms with E-state index >= 15 is 0 Å². The predicted molar refractivity (Wildman–Crippen MR) is 130 cm³/mol. The largest absolute Gasteiger partial charge is 0.375 e. The molecule has 5 nitrogen and oxygen atoms in total. The molecule has 5 rings (SSSR count). The van der Waals surface area contributed by atoms with Gasteiger partial charge in [-0.1, -0.05) is 53.5 Å². The zero-order valence-corrected chi connectivity index (χ0v) is 19.0. The fourth-order valence-electron chi connectivity index (χ4n) is 4.50. The molecule has 1 atom stereocenters. The van der Waals surface area contributed by atoms with E-state index < -0.39 is 11.5 Å². The van der Waals surface area contributed by atoms with Gasteiger partial charge in [0.1, 0.15) is 0 Å². The molecule has 1 amide bonds. The SMILES string of the molecule is O=C(CC1(O)C(=O)N(CCc2c[nH]c3ccc(Cl)cc23)c2ccccc21)c1ccccc1Cl. The summed E-state index contributed by atoms with van der Waals surface area (Å²) in [6, 6.07) is 19.3. The predicted octanol–water partition coefficient (Wildman–Crippen LogP) is 5.52. The molecule has 3 aromatic carbocycles. The van der Waals surface area contributed by atoms with E-state index in [4.69, 9.17) is 23.2 Å². The molecule has 1 aliphatic rings. The van der Waals surface area contributed by atoms with Crippen molar-refractivity contribution in [1.82, 2.24) is 4.98 Å². The van der Waals surface area contributed by atoms with Crippen LogP contribution in [0.15, 0.2) is 72.9 Å². The fraction of sp³-hybridized carbons (Fsp3) is 0.154. The first kappa shape index (κ1) is 21.7. The second-order valence-corrected chi connectivity index (χ2v) is 9.01. The lowest BCUT2D eigenvalue weighted by molar-refractivity contribution is -0.135. The van der Waals surface area contributed by atoms with Crippen LogP contribution in [-0.2, 0) is 16.8 Å². The molecule has 0 bridgehead atoms. The molecular weight excluding hydrogens is 459 g/mol. The summed E-state index contributed by atoms with van der Waals surface area (Å²) in [6.07, 6.45) is 2.07. The first-order valence-corrected chi connectivity index (χ1v) is 11.3. The molecule has 4 aromatic rings. The van der Waals surface area contributed by atoms with E-state index in [1.165, 1.54) is 0 Å². The van der Waals surface area contributed by atoms with Crippen LogP contribution < -0.4 is 4.90 Å². The number of rotatable bonds is 6. The van der Waals surface area contributed by atoms with Crippen molar-refractivity contribution >= 4 is 51.5 Å². The maximum absolute atomic E-state index is 13.5. The highest BCUT2D eigenvalue weighted by Crippen LogP contribution is 2.43. The molecule has 1 aromatic heterocycles. The third-order valence-electron chi connectivity index (χ3n) is 6.16. The molecule has 33 heavy (non-hydrogen) atoms. The number of aromatic amines is 1. The van der Waals surface area contributed by atoms with Gasteiger partial charge < -0.3 is 15.0 Å². The molecule has 0 aliphatic carbocycles. The lowest BCUT2D eigenvalue weighted by Crippen LogP contribution is -2.42. The van der Waals surface area contributed by atoms with Crippen molar-refractivity contribution in [3.8, 4) is 0 Å². The number of amides is 1. The lowest BCUT2D eigenvalue weighted by Gasteiger charge is -2.23. The Balaban J connectivity index is 1.44. The van der Waals surface area contributed by atoms with Gasteiger partial charge in [-0.15, -0.1) is 0 Å². The fourth-order valence-corrected chi connectivity index (χ4v) is 4.92. The summed E-state index contributed by atoms with van der Waals surface area (Å²) in [5, 5.41) is 13.4. The Labute approximate surface area is 200 Å². The van der Waals surface area contributed by atoms with Crippen molar-refractivity contribution in [1.29, 1.82) is 0 Å². The zero-order valence-electron chi connectivity index (χ0n) is 17.5. The Kier molecular flexibility index (Phi) is 5.49. The number of benzene rings is 3. The third-order valence-corrected chi connectivity index (χ3v) is 6.73. The van der Waals surface area contributed by atoms with Crippen LogP contribution in [0.25, 0.3) is 10.9 Å². The highest BCUT2D eigenvalue weighted by molar-refractivity contribution is 6.34. The van der Waals surface area contributed by atoms with Crippen LogP contribution in [-0.4, -0.2) is 28.3 Å². The van der Waals surface area contributed by atoms with Gasteiger partial charge in [0.05, 0.1) is 17.1 Å². The average molecular weight is 479 g/mol. The van der Waals surface area contributed by atoms with E-state index in [9.17, 15) is 14.7 Å². The van der Waals surface area contributed by atoms with Crippen LogP contribution in [0.3, 0.4) is 0 Å². The van der Waals surface area contributed by atoms with Crippen molar-refractivity contribution in [2.24, 2.45) is 0 Å². The van der Waals surface area contributed by atoms with Crippen molar-refractivity contribution in [3.63, 3.8) is 0 Å². The van der Waals surface area contributed by atoms with Crippen LogP contribution in [0, 0.1) is 0 Å². The minimum Gasteiger partial charge on any atom is -0.375 e. The number of carbonyl (C=O) groups excluding carboxylic acids is 2. The Morgan fingerprint density at radius 2 is 1.79 bits per heavy atom. The molecule has 0 radical (unpaired) electrons. The highest BCUT2D eigenvalue weighted by Gasteiger charge is 2.50. The number of halogens is 2. The first-order valence-electron chi connectivity index (χ1n) is 10.6. The van der Waals surface area contributed by atoms with Gasteiger partial charge in [0.25, 0.3) is 5.91 Å². The number of para-hydroxylation sites is 1. The van der Waals surface area contributed by atoms with Crippen molar-refractivity contribution in [2.45, 2.75) is 18.4 Å². The van der Waals surface area contributed by atoms with Gasteiger partial charge >= 0.3 is 0 Å². The minimum absolute atomic E-state index is 0.284. The number of carbonyl (C=O) groups is 2. The van der Waals surface area contributed by atoms with E-state index in [0.717, 1.165) is 16.5 Å². The van der Waals surface area contributed by atoms with E-state index in [0.29, 0.717) is 34.3 Å². The van der Waals surface area contributed by atoms with E-state index in [1.807, 2.05) is 30.5 Å². The van der Waals surface area contributed by atoms with Crippen LogP contribution in [0.5, 0.6) is 0 Å². The van der Waals surface area contributed by atoms with Gasteiger partial charge in [0.2, 0.25) is 0 Å². The Hall–Kier alpha value is -3.12. The normalized spacial score (nSPS) is 17.5. The van der Waals surface area contributed by atoms with Crippen LogP contribution in [0.1, 0.15) is 27.9 Å². The smallest absolute Gasteiger partial charge is 0.264 e. The van der Waals surface area contributed by atoms with Crippen LogP contribution in [0.4, 0.5) is 5.69 Å². The zero-order chi connectivity index (χ0) is 23.2. The number of hydrogen-bond donors (Lipinski definition) is 2. The molecule has 0 saturated carbocycles. The number of aliphatic hydroxyl groups is 1. The Bertz CT molecular complexity index is 1400. The second-order valence-electron chi connectivity index (χ2n) is 8.17. The van der Waals surface area contributed by atoms with Crippen molar-refractivity contribution in [3.05, 3.63) is 99.7 Å². The van der Waals surface area contributed by atoms with Crippen molar-refractivity contribution < 1.29 is 14.7 Å². The molecule has 1 unspecified atom stereocenters. The molecular formula is C26H20Cl2N2O3. The number of fused-ring (bicyclic) bond motifs is 2. The van der Waals surface area contributed by atoms with Gasteiger partial charge in [-0.05, 0) is 48.4 Å². The monoisotopic (exact) mass is 478 g/mol. The molecule has 2 heterocycles. The number of hydrogen-bond acceptors (Lipinski definition) is 3. The summed E-state index contributed by atoms with van der Waals surface area (Å²) in [7, 11) is 0. The molecule has 7 heteroatoms. The number of Topliss-reactive ketones (excluding diaryl/α,β-unsaturated/α-hetero) is 1. The summed E-state index contributed by atoms with van der Waals surface area (Å²) < 4.78 is 0. The Morgan fingerprint density at radius 1 is 1.03 bits per heavy atom. The number of ketones is 1. The van der Waals surface area contributed by atoms with Crippen molar-refractivity contribution in [2.75, 3.05) is 11.4 Å². The van der Waals surface area contributed by atoms with Gasteiger partial charge in [-0.2, -0.15) is 0 Å². The number of H-pyrrole nitrogens is 1. The van der Waals surface area contributed by atoms with E-state index in [1.54, 1.807) is 47.4 Å². The quantitative estimate of drug-likeness (QED) is 0.358. The molecule has 166 valence electrons. The summed E-state index contributed by atoms with van der Waals surface area (Å²) in [5.74, 6) is -0.902. The number of nitrogens with zero attached hydrogens (tertiary/aromatic N) is 1. The van der Waals surface area contributed by atoms with E-state index in [-0.39, 0.29) is 17.8 Å². The molecule has 0 spiro atoms. The Morgan fingerprint density at radius 3 is 2.61 bits per heavy atom. The minimum atomic E-state index is -1.95. The van der Waals surface area contributed by atoms with Gasteiger partial charge in [-0.3, -0.25) is 9.59 Å². The topological polar surface area (TPSA) is 73.4 Å². The summed E-state index contributed by atoms with van der Waals surface area (Å²) in [4.78, 5) is 31.2. The molecule has 0 fully saturated rings. The summed E-state index contributed by atoms with van der Waals surface area (Å²) >= 11 is 12.3.